The lowest BCUT2D eigenvalue weighted by molar-refractivity contribution is -0.0931. The molecule has 0 aromatic heterocycles. The third-order valence-corrected chi connectivity index (χ3v) is 2.82. The summed E-state index contributed by atoms with van der Waals surface area (Å²) in [6.07, 6.45) is 6.42. The standard InChI is InChI=1S/C12H22O2/c1-9(2)14-12(13)8-10(3)11-6-4-5-7-11/h8-9,11-13H,4-7H2,1-3H3/b10-8+. The summed E-state index contributed by atoms with van der Waals surface area (Å²) < 4.78 is 5.26. The smallest absolute Gasteiger partial charge is 0.174 e. The summed E-state index contributed by atoms with van der Waals surface area (Å²) in [5.74, 6) is 0.681. The van der Waals surface area contributed by atoms with E-state index in [1.165, 1.54) is 31.3 Å². The Morgan fingerprint density at radius 1 is 1.36 bits per heavy atom. The highest BCUT2D eigenvalue weighted by molar-refractivity contribution is 5.06. The van der Waals surface area contributed by atoms with Crippen molar-refractivity contribution in [2.75, 3.05) is 0 Å². The predicted molar refractivity (Wildman–Crippen MR) is 57.9 cm³/mol. The molecule has 1 aliphatic carbocycles. The van der Waals surface area contributed by atoms with Gasteiger partial charge in [0.05, 0.1) is 6.10 Å². The molecule has 1 rings (SSSR count). The van der Waals surface area contributed by atoms with Gasteiger partial charge in [-0.2, -0.15) is 0 Å². The Morgan fingerprint density at radius 2 is 1.93 bits per heavy atom. The van der Waals surface area contributed by atoms with E-state index in [0.29, 0.717) is 5.92 Å². The molecule has 14 heavy (non-hydrogen) atoms. The lowest BCUT2D eigenvalue weighted by Gasteiger charge is -2.15. The van der Waals surface area contributed by atoms with Crippen molar-refractivity contribution in [3.05, 3.63) is 11.6 Å². The molecule has 1 unspecified atom stereocenters. The average molecular weight is 198 g/mol. The summed E-state index contributed by atoms with van der Waals surface area (Å²) in [7, 11) is 0. The second-order valence-corrected chi connectivity index (χ2v) is 4.47. The highest BCUT2D eigenvalue weighted by atomic mass is 16.6. The van der Waals surface area contributed by atoms with Crippen LogP contribution in [0.1, 0.15) is 46.5 Å². The van der Waals surface area contributed by atoms with Crippen LogP contribution in [0.25, 0.3) is 0 Å². The fraction of sp³-hybridized carbons (Fsp3) is 0.833. The van der Waals surface area contributed by atoms with Crippen molar-refractivity contribution < 1.29 is 9.84 Å². The zero-order chi connectivity index (χ0) is 10.6. The van der Waals surface area contributed by atoms with Crippen LogP contribution in [0.4, 0.5) is 0 Å². The third-order valence-electron chi connectivity index (χ3n) is 2.82. The monoisotopic (exact) mass is 198 g/mol. The number of ether oxygens (including phenoxy) is 1. The maximum atomic E-state index is 9.55. The molecule has 1 atom stereocenters. The Morgan fingerprint density at radius 3 is 2.43 bits per heavy atom. The lowest BCUT2D eigenvalue weighted by Crippen LogP contribution is -2.15. The van der Waals surface area contributed by atoms with Crippen molar-refractivity contribution in [1.82, 2.24) is 0 Å². The minimum absolute atomic E-state index is 0.0811. The maximum absolute atomic E-state index is 9.55. The molecule has 0 heterocycles. The third kappa shape index (κ3) is 3.81. The zero-order valence-corrected chi connectivity index (χ0v) is 9.49. The van der Waals surface area contributed by atoms with E-state index < -0.39 is 6.29 Å². The summed E-state index contributed by atoms with van der Waals surface area (Å²) in [5, 5.41) is 9.55. The summed E-state index contributed by atoms with van der Waals surface area (Å²) in [4.78, 5) is 0. The number of hydrogen-bond donors (Lipinski definition) is 1. The van der Waals surface area contributed by atoms with E-state index >= 15 is 0 Å². The summed E-state index contributed by atoms with van der Waals surface area (Å²) in [6.45, 7) is 5.97. The Hall–Kier alpha value is -0.340. The van der Waals surface area contributed by atoms with E-state index in [2.05, 4.69) is 6.92 Å². The highest BCUT2D eigenvalue weighted by Crippen LogP contribution is 2.30. The molecule has 2 nitrogen and oxygen atoms in total. The molecule has 82 valence electrons. The second-order valence-electron chi connectivity index (χ2n) is 4.47. The number of aliphatic hydroxyl groups is 1. The van der Waals surface area contributed by atoms with Gasteiger partial charge in [-0.25, -0.2) is 0 Å². The van der Waals surface area contributed by atoms with Crippen molar-refractivity contribution in [3.8, 4) is 0 Å². The fourth-order valence-corrected chi connectivity index (χ4v) is 2.06. The van der Waals surface area contributed by atoms with Crippen LogP contribution in [-0.2, 0) is 4.74 Å². The van der Waals surface area contributed by atoms with Crippen LogP contribution in [-0.4, -0.2) is 17.5 Å². The molecule has 1 fully saturated rings. The second kappa shape index (κ2) is 5.52. The van der Waals surface area contributed by atoms with Gasteiger partial charge in [0.15, 0.2) is 6.29 Å². The van der Waals surface area contributed by atoms with Crippen molar-refractivity contribution in [1.29, 1.82) is 0 Å². The first-order valence-corrected chi connectivity index (χ1v) is 5.61. The van der Waals surface area contributed by atoms with Crippen molar-refractivity contribution in [2.24, 2.45) is 5.92 Å². The summed E-state index contributed by atoms with van der Waals surface area (Å²) in [5.41, 5.74) is 1.29. The van der Waals surface area contributed by atoms with Crippen molar-refractivity contribution in [3.63, 3.8) is 0 Å². The average Bonchev–Trinajstić information content (AvgIpc) is 2.53. The highest BCUT2D eigenvalue weighted by Gasteiger charge is 2.17. The quantitative estimate of drug-likeness (QED) is 0.556. The Balaban J connectivity index is 2.40. The minimum Gasteiger partial charge on any atom is -0.365 e. The van der Waals surface area contributed by atoms with E-state index in [1.54, 1.807) is 0 Å². The number of aliphatic hydroxyl groups excluding tert-OH is 1. The largest absolute Gasteiger partial charge is 0.365 e. The molecule has 2 heteroatoms. The Labute approximate surface area is 87.0 Å². The lowest BCUT2D eigenvalue weighted by atomic mass is 9.99. The van der Waals surface area contributed by atoms with Crippen LogP contribution in [0.3, 0.4) is 0 Å². The number of rotatable bonds is 4. The van der Waals surface area contributed by atoms with Crippen molar-refractivity contribution >= 4 is 0 Å². The normalized spacial score (nSPS) is 21.9. The minimum atomic E-state index is -0.726. The van der Waals surface area contributed by atoms with E-state index in [9.17, 15) is 5.11 Å². The first kappa shape index (κ1) is 11.7. The number of hydrogen-bond acceptors (Lipinski definition) is 2. The van der Waals surface area contributed by atoms with Crippen LogP contribution >= 0.6 is 0 Å². The van der Waals surface area contributed by atoms with Gasteiger partial charge < -0.3 is 9.84 Å². The molecule has 1 saturated carbocycles. The molecular formula is C12H22O2. The van der Waals surface area contributed by atoms with Crippen LogP contribution in [0, 0.1) is 5.92 Å². The van der Waals surface area contributed by atoms with E-state index in [-0.39, 0.29) is 6.10 Å². The fourth-order valence-electron chi connectivity index (χ4n) is 2.06. The van der Waals surface area contributed by atoms with Crippen LogP contribution < -0.4 is 0 Å². The first-order valence-electron chi connectivity index (χ1n) is 5.61. The van der Waals surface area contributed by atoms with Gasteiger partial charge in [0.2, 0.25) is 0 Å². The van der Waals surface area contributed by atoms with Gasteiger partial charge in [0.25, 0.3) is 0 Å². The van der Waals surface area contributed by atoms with Crippen LogP contribution in [0.5, 0.6) is 0 Å². The molecule has 0 saturated heterocycles. The van der Waals surface area contributed by atoms with E-state index in [4.69, 9.17) is 4.74 Å². The van der Waals surface area contributed by atoms with E-state index in [1.807, 2.05) is 19.9 Å². The summed E-state index contributed by atoms with van der Waals surface area (Å²) >= 11 is 0. The molecule has 1 aliphatic rings. The molecule has 1 N–H and O–H groups in total. The van der Waals surface area contributed by atoms with Crippen LogP contribution in [0.15, 0.2) is 11.6 Å². The molecular weight excluding hydrogens is 176 g/mol. The van der Waals surface area contributed by atoms with Gasteiger partial charge in [0.1, 0.15) is 0 Å². The SMILES string of the molecule is C/C(=C\C(O)OC(C)C)C1CCCC1. The predicted octanol–water partition coefficient (Wildman–Crippen LogP) is 2.87. The summed E-state index contributed by atoms with van der Waals surface area (Å²) in [6, 6.07) is 0. The zero-order valence-electron chi connectivity index (χ0n) is 9.49. The molecule has 0 aliphatic heterocycles. The Kier molecular flexibility index (Phi) is 4.63. The van der Waals surface area contributed by atoms with Gasteiger partial charge in [-0.05, 0) is 45.6 Å². The molecule has 0 aromatic rings. The maximum Gasteiger partial charge on any atom is 0.174 e. The molecule has 0 amide bonds. The van der Waals surface area contributed by atoms with Gasteiger partial charge in [-0.15, -0.1) is 0 Å². The number of allylic oxidation sites excluding steroid dienone is 1. The van der Waals surface area contributed by atoms with Gasteiger partial charge in [-0.1, -0.05) is 18.4 Å². The first-order chi connectivity index (χ1) is 6.59. The molecule has 0 spiro atoms. The Bertz CT molecular complexity index is 190. The van der Waals surface area contributed by atoms with Crippen molar-refractivity contribution in [2.45, 2.75) is 58.8 Å². The van der Waals surface area contributed by atoms with E-state index in [0.717, 1.165) is 0 Å². The van der Waals surface area contributed by atoms with Gasteiger partial charge >= 0.3 is 0 Å². The topological polar surface area (TPSA) is 29.5 Å². The molecule has 0 radical (unpaired) electrons. The molecule has 0 aromatic carbocycles. The van der Waals surface area contributed by atoms with Gasteiger partial charge in [0, 0.05) is 0 Å². The van der Waals surface area contributed by atoms with Crippen LogP contribution in [0.2, 0.25) is 0 Å². The molecule has 0 bridgehead atoms. The van der Waals surface area contributed by atoms with Gasteiger partial charge in [-0.3, -0.25) is 0 Å².